The van der Waals surface area contributed by atoms with Crippen molar-refractivity contribution in [3.63, 3.8) is 0 Å². The van der Waals surface area contributed by atoms with Gasteiger partial charge in [-0.3, -0.25) is 4.79 Å². The maximum absolute atomic E-state index is 12.2. The summed E-state index contributed by atoms with van der Waals surface area (Å²) in [6.45, 7) is 0. The normalized spacial score (nSPS) is 11.1. The van der Waals surface area contributed by atoms with E-state index in [4.69, 9.17) is 16.0 Å². The van der Waals surface area contributed by atoms with E-state index in [-0.39, 0.29) is 5.91 Å². The van der Waals surface area contributed by atoms with Crippen molar-refractivity contribution >= 4 is 56.9 Å². The van der Waals surface area contributed by atoms with Crippen LogP contribution in [0.2, 0.25) is 5.02 Å². The number of para-hydroxylation sites is 1. The predicted molar refractivity (Wildman–Crippen MR) is 109 cm³/mol. The summed E-state index contributed by atoms with van der Waals surface area (Å²) in [6, 6.07) is 21.3. The molecule has 3 aromatic carbocycles. The second-order valence-electron chi connectivity index (χ2n) is 5.91. The minimum absolute atomic E-state index is 0.0121. The van der Waals surface area contributed by atoms with Crippen molar-refractivity contribution in [2.24, 2.45) is 0 Å². The van der Waals surface area contributed by atoms with E-state index in [0.717, 1.165) is 32.5 Å². The molecule has 3 nitrogen and oxygen atoms in total. The first kappa shape index (κ1) is 17.0. The summed E-state index contributed by atoms with van der Waals surface area (Å²) in [5.41, 5.74) is 2.38. The molecule has 0 fully saturated rings. The Morgan fingerprint density at radius 3 is 2.58 bits per heavy atom. The standard InChI is InChI=1S/C21H16ClNO2S/c22-14-5-8-16(9-6-14)26-12-11-21(24)23-15-7-10-18-17-3-1-2-4-19(17)25-20(18)13-15/h1-10,13H,11-12H2,(H,23,24). The number of hydrogen-bond acceptors (Lipinski definition) is 3. The van der Waals surface area contributed by atoms with Crippen molar-refractivity contribution < 1.29 is 9.21 Å². The quantitative estimate of drug-likeness (QED) is 0.409. The Hall–Kier alpha value is -2.43. The van der Waals surface area contributed by atoms with Crippen molar-refractivity contribution in [1.29, 1.82) is 0 Å². The molecule has 1 N–H and O–H groups in total. The van der Waals surface area contributed by atoms with Crippen LogP contribution >= 0.6 is 23.4 Å². The summed E-state index contributed by atoms with van der Waals surface area (Å²) in [6.07, 6.45) is 0.436. The first-order valence-corrected chi connectivity index (χ1v) is 9.65. The van der Waals surface area contributed by atoms with Crippen molar-refractivity contribution in [3.8, 4) is 0 Å². The minimum atomic E-state index is -0.0121. The summed E-state index contributed by atoms with van der Waals surface area (Å²) < 4.78 is 5.86. The second kappa shape index (κ2) is 7.44. The van der Waals surface area contributed by atoms with Crippen molar-refractivity contribution in [1.82, 2.24) is 0 Å². The zero-order valence-electron chi connectivity index (χ0n) is 13.9. The molecule has 130 valence electrons. The van der Waals surface area contributed by atoms with E-state index in [2.05, 4.69) is 5.32 Å². The molecule has 1 amide bonds. The van der Waals surface area contributed by atoms with Gasteiger partial charge in [0.2, 0.25) is 5.91 Å². The molecule has 0 aliphatic carbocycles. The number of rotatable bonds is 5. The Morgan fingerprint density at radius 2 is 1.73 bits per heavy atom. The van der Waals surface area contributed by atoms with Crippen LogP contribution in [0.25, 0.3) is 21.9 Å². The fourth-order valence-corrected chi connectivity index (χ4v) is 3.80. The molecule has 1 aromatic heterocycles. The number of hydrogen-bond donors (Lipinski definition) is 1. The summed E-state index contributed by atoms with van der Waals surface area (Å²) >= 11 is 7.51. The Bertz CT molecular complexity index is 1070. The predicted octanol–water partition coefficient (Wildman–Crippen LogP) is 6.36. The highest BCUT2D eigenvalue weighted by molar-refractivity contribution is 7.99. The molecule has 0 bridgehead atoms. The number of furan rings is 1. The van der Waals surface area contributed by atoms with Gasteiger partial charge in [0.05, 0.1) is 0 Å². The number of fused-ring (bicyclic) bond motifs is 3. The lowest BCUT2D eigenvalue weighted by Crippen LogP contribution is -2.11. The SMILES string of the molecule is O=C(CCSc1ccc(Cl)cc1)Nc1ccc2c(c1)oc1ccccc12. The summed E-state index contributed by atoms with van der Waals surface area (Å²) in [4.78, 5) is 13.3. The summed E-state index contributed by atoms with van der Waals surface area (Å²) in [7, 11) is 0. The fourth-order valence-electron chi connectivity index (χ4n) is 2.82. The van der Waals surface area contributed by atoms with Gasteiger partial charge in [-0.1, -0.05) is 29.8 Å². The molecule has 5 heteroatoms. The van der Waals surface area contributed by atoms with Crippen LogP contribution in [0.1, 0.15) is 6.42 Å². The monoisotopic (exact) mass is 381 g/mol. The lowest BCUT2D eigenvalue weighted by Gasteiger charge is -2.05. The first-order valence-electron chi connectivity index (χ1n) is 8.28. The molecule has 0 aliphatic heterocycles. The molecule has 0 saturated heterocycles. The zero-order valence-corrected chi connectivity index (χ0v) is 15.4. The van der Waals surface area contributed by atoms with Gasteiger partial charge in [-0.05, 0) is 42.5 Å². The van der Waals surface area contributed by atoms with Gasteiger partial charge in [0.15, 0.2) is 0 Å². The largest absolute Gasteiger partial charge is 0.456 e. The van der Waals surface area contributed by atoms with Crippen LogP contribution in [-0.4, -0.2) is 11.7 Å². The molecule has 0 unspecified atom stereocenters. The van der Waals surface area contributed by atoms with E-state index in [9.17, 15) is 4.79 Å². The maximum atomic E-state index is 12.2. The number of carbonyl (C=O) groups is 1. The molecule has 4 aromatic rings. The van der Waals surface area contributed by atoms with Crippen LogP contribution in [0.15, 0.2) is 76.0 Å². The Labute approximate surface area is 160 Å². The highest BCUT2D eigenvalue weighted by Crippen LogP contribution is 2.30. The van der Waals surface area contributed by atoms with Gasteiger partial charge < -0.3 is 9.73 Å². The van der Waals surface area contributed by atoms with E-state index in [0.29, 0.717) is 17.2 Å². The Morgan fingerprint density at radius 1 is 0.962 bits per heavy atom. The first-order chi connectivity index (χ1) is 12.7. The van der Waals surface area contributed by atoms with Gasteiger partial charge >= 0.3 is 0 Å². The second-order valence-corrected chi connectivity index (χ2v) is 7.51. The Kier molecular flexibility index (Phi) is 4.87. The van der Waals surface area contributed by atoms with Crippen molar-refractivity contribution in [3.05, 3.63) is 71.8 Å². The molecule has 26 heavy (non-hydrogen) atoms. The van der Waals surface area contributed by atoms with E-state index in [1.807, 2.05) is 66.7 Å². The molecular weight excluding hydrogens is 366 g/mol. The van der Waals surface area contributed by atoms with Gasteiger partial charge in [-0.25, -0.2) is 0 Å². The number of anilines is 1. The van der Waals surface area contributed by atoms with Crippen molar-refractivity contribution in [2.45, 2.75) is 11.3 Å². The van der Waals surface area contributed by atoms with Gasteiger partial charge in [0.1, 0.15) is 11.2 Å². The molecule has 0 atom stereocenters. The average molecular weight is 382 g/mol. The third-order valence-electron chi connectivity index (χ3n) is 4.07. The van der Waals surface area contributed by atoms with Crippen LogP contribution in [0.5, 0.6) is 0 Å². The van der Waals surface area contributed by atoms with Crippen LogP contribution < -0.4 is 5.32 Å². The van der Waals surface area contributed by atoms with Crippen LogP contribution in [0, 0.1) is 0 Å². The third kappa shape index (κ3) is 3.71. The van der Waals surface area contributed by atoms with Crippen LogP contribution in [-0.2, 0) is 4.79 Å². The minimum Gasteiger partial charge on any atom is -0.456 e. The van der Waals surface area contributed by atoms with Crippen molar-refractivity contribution in [2.75, 3.05) is 11.1 Å². The molecule has 0 saturated carbocycles. The highest BCUT2D eigenvalue weighted by atomic mass is 35.5. The number of amides is 1. The summed E-state index contributed by atoms with van der Waals surface area (Å²) in [5.74, 6) is 0.697. The van der Waals surface area contributed by atoms with E-state index < -0.39 is 0 Å². The van der Waals surface area contributed by atoms with E-state index >= 15 is 0 Å². The Balaban J connectivity index is 1.39. The van der Waals surface area contributed by atoms with Crippen LogP contribution in [0.3, 0.4) is 0 Å². The van der Waals surface area contributed by atoms with E-state index in [1.54, 1.807) is 11.8 Å². The average Bonchev–Trinajstić information content (AvgIpc) is 3.01. The van der Waals surface area contributed by atoms with Gasteiger partial charge in [0.25, 0.3) is 0 Å². The zero-order chi connectivity index (χ0) is 17.9. The molecule has 4 rings (SSSR count). The fraction of sp³-hybridized carbons (Fsp3) is 0.0952. The molecule has 0 radical (unpaired) electrons. The van der Waals surface area contributed by atoms with Gasteiger partial charge in [-0.15, -0.1) is 11.8 Å². The number of halogens is 1. The molecule has 1 heterocycles. The molecule has 0 spiro atoms. The van der Waals surface area contributed by atoms with Gasteiger partial charge in [-0.2, -0.15) is 0 Å². The smallest absolute Gasteiger partial charge is 0.225 e. The lowest BCUT2D eigenvalue weighted by molar-refractivity contribution is -0.115. The number of carbonyl (C=O) groups excluding carboxylic acids is 1. The lowest BCUT2D eigenvalue weighted by atomic mass is 10.1. The molecular formula is C21H16ClNO2S. The summed E-state index contributed by atoms with van der Waals surface area (Å²) in [5, 5.41) is 5.79. The van der Waals surface area contributed by atoms with Crippen LogP contribution in [0.4, 0.5) is 5.69 Å². The number of nitrogens with one attached hydrogen (secondary N) is 1. The van der Waals surface area contributed by atoms with Gasteiger partial charge in [0, 0.05) is 44.6 Å². The topological polar surface area (TPSA) is 42.2 Å². The number of thioether (sulfide) groups is 1. The highest BCUT2D eigenvalue weighted by Gasteiger charge is 2.08. The molecule has 0 aliphatic rings. The number of benzene rings is 3. The van der Waals surface area contributed by atoms with E-state index in [1.165, 1.54) is 0 Å². The maximum Gasteiger partial charge on any atom is 0.225 e. The third-order valence-corrected chi connectivity index (χ3v) is 5.34.